The van der Waals surface area contributed by atoms with Crippen molar-refractivity contribution in [3.8, 4) is 0 Å². The molecule has 1 heterocycles. The van der Waals surface area contributed by atoms with Crippen LogP contribution in [0.1, 0.15) is 37.4 Å². The van der Waals surface area contributed by atoms with Crippen molar-refractivity contribution in [1.82, 2.24) is 10.2 Å². The number of carboxylic acids is 1. The Morgan fingerprint density at radius 2 is 2.05 bits per heavy atom. The second-order valence-corrected chi connectivity index (χ2v) is 5.77. The Kier molecular flexibility index (Phi) is 4.50. The third kappa shape index (κ3) is 3.17. The van der Waals surface area contributed by atoms with Gasteiger partial charge in [-0.05, 0) is 37.3 Å². The average molecular weight is 290 g/mol. The molecule has 1 fully saturated rings. The number of carbonyl (C=O) groups is 2. The number of carboxylic acid groups (broad SMARTS) is 1. The van der Waals surface area contributed by atoms with E-state index in [0.29, 0.717) is 6.54 Å². The molecule has 1 saturated heterocycles. The van der Waals surface area contributed by atoms with E-state index >= 15 is 0 Å². The summed E-state index contributed by atoms with van der Waals surface area (Å²) in [6, 6.07) is 6.68. The molecule has 1 aromatic carbocycles. The van der Waals surface area contributed by atoms with E-state index < -0.39 is 12.0 Å². The molecule has 114 valence electrons. The quantitative estimate of drug-likeness (QED) is 0.899. The summed E-state index contributed by atoms with van der Waals surface area (Å²) in [5, 5.41) is 12.2. The van der Waals surface area contributed by atoms with Gasteiger partial charge in [0.05, 0.1) is 6.04 Å². The minimum atomic E-state index is -0.932. The summed E-state index contributed by atoms with van der Waals surface area (Å²) in [7, 11) is 0. The number of hydrogen-bond donors (Lipinski definition) is 2. The maximum atomic E-state index is 12.4. The molecule has 1 aromatic rings. The topological polar surface area (TPSA) is 69.6 Å². The molecule has 2 N–H and O–H groups in total. The van der Waals surface area contributed by atoms with Crippen molar-refractivity contribution in [3.63, 3.8) is 0 Å². The van der Waals surface area contributed by atoms with Crippen molar-refractivity contribution < 1.29 is 14.7 Å². The van der Waals surface area contributed by atoms with Crippen molar-refractivity contribution in [2.24, 2.45) is 5.92 Å². The van der Waals surface area contributed by atoms with E-state index in [2.05, 4.69) is 5.32 Å². The summed E-state index contributed by atoms with van der Waals surface area (Å²) in [4.78, 5) is 25.1. The number of urea groups is 1. The van der Waals surface area contributed by atoms with Gasteiger partial charge < -0.3 is 15.3 Å². The van der Waals surface area contributed by atoms with E-state index in [9.17, 15) is 14.7 Å². The Morgan fingerprint density at radius 3 is 2.67 bits per heavy atom. The van der Waals surface area contributed by atoms with Crippen LogP contribution in [-0.4, -0.2) is 34.6 Å². The van der Waals surface area contributed by atoms with Gasteiger partial charge in [-0.3, -0.25) is 0 Å². The monoisotopic (exact) mass is 290 g/mol. The number of nitrogens with zero attached hydrogens (tertiary/aromatic N) is 1. The van der Waals surface area contributed by atoms with E-state index in [1.165, 1.54) is 4.90 Å². The molecule has 0 bridgehead atoms. The smallest absolute Gasteiger partial charge is 0.326 e. The van der Waals surface area contributed by atoms with Gasteiger partial charge >= 0.3 is 12.0 Å². The number of amides is 2. The van der Waals surface area contributed by atoms with Crippen molar-refractivity contribution in [2.45, 2.75) is 39.3 Å². The third-order valence-electron chi connectivity index (χ3n) is 4.21. The van der Waals surface area contributed by atoms with Crippen LogP contribution in [0.5, 0.6) is 0 Å². The summed E-state index contributed by atoms with van der Waals surface area (Å²) >= 11 is 0. The van der Waals surface area contributed by atoms with Gasteiger partial charge in [-0.1, -0.05) is 31.2 Å². The van der Waals surface area contributed by atoms with E-state index in [4.69, 9.17) is 0 Å². The fourth-order valence-electron chi connectivity index (χ4n) is 2.97. The normalized spacial score (nSPS) is 22.9. The van der Waals surface area contributed by atoms with Gasteiger partial charge in [0.15, 0.2) is 0 Å². The molecular formula is C16H22N2O3. The highest BCUT2D eigenvalue weighted by atomic mass is 16.4. The maximum Gasteiger partial charge on any atom is 0.326 e. The SMILES string of the molecule is Cc1ccccc1C(C)NC(=O)N1CCC(C)C1C(=O)O. The molecule has 0 spiro atoms. The molecule has 5 nitrogen and oxygen atoms in total. The minimum Gasteiger partial charge on any atom is -0.480 e. The standard InChI is InChI=1S/C16H22N2O3/c1-10-6-4-5-7-13(10)12(3)17-16(21)18-9-8-11(2)14(18)15(19)20/h4-7,11-12,14H,8-9H2,1-3H3,(H,17,21)(H,19,20). The molecule has 0 radical (unpaired) electrons. The number of aliphatic carboxylic acids is 1. The van der Waals surface area contributed by atoms with Crippen LogP contribution in [-0.2, 0) is 4.79 Å². The third-order valence-corrected chi connectivity index (χ3v) is 4.21. The summed E-state index contributed by atoms with van der Waals surface area (Å²) in [5.41, 5.74) is 2.15. The predicted molar refractivity (Wildman–Crippen MR) is 80.0 cm³/mol. The fraction of sp³-hybridized carbons (Fsp3) is 0.500. The molecule has 3 atom stereocenters. The van der Waals surface area contributed by atoms with Crippen LogP contribution in [0.4, 0.5) is 4.79 Å². The number of rotatable bonds is 3. The number of carbonyl (C=O) groups excluding carboxylic acids is 1. The summed E-state index contributed by atoms with van der Waals surface area (Å²) in [5.74, 6) is -0.944. The van der Waals surface area contributed by atoms with Gasteiger partial charge in [0.25, 0.3) is 0 Å². The molecule has 21 heavy (non-hydrogen) atoms. The fourth-order valence-corrected chi connectivity index (χ4v) is 2.97. The number of likely N-dealkylation sites (tertiary alicyclic amines) is 1. The summed E-state index contributed by atoms with van der Waals surface area (Å²) < 4.78 is 0. The zero-order valence-corrected chi connectivity index (χ0v) is 12.7. The Labute approximate surface area is 125 Å². The minimum absolute atomic E-state index is 0.0120. The van der Waals surface area contributed by atoms with Crippen LogP contribution in [0.15, 0.2) is 24.3 Å². The van der Waals surface area contributed by atoms with Gasteiger partial charge in [-0.2, -0.15) is 0 Å². The van der Waals surface area contributed by atoms with Gasteiger partial charge in [0.1, 0.15) is 6.04 Å². The molecule has 3 unspecified atom stereocenters. The summed E-state index contributed by atoms with van der Waals surface area (Å²) in [6.07, 6.45) is 0.725. The highest BCUT2D eigenvalue weighted by Crippen LogP contribution is 2.25. The highest BCUT2D eigenvalue weighted by molar-refractivity contribution is 5.83. The number of aryl methyl sites for hydroxylation is 1. The lowest BCUT2D eigenvalue weighted by Crippen LogP contribution is -2.48. The molecular weight excluding hydrogens is 268 g/mol. The highest BCUT2D eigenvalue weighted by Gasteiger charge is 2.39. The molecule has 0 aromatic heterocycles. The second kappa shape index (κ2) is 6.16. The molecule has 0 saturated carbocycles. The van der Waals surface area contributed by atoms with Gasteiger partial charge in [-0.15, -0.1) is 0 Å². The van der Waals surface area contributed by atoms with Crippen LogP contribution in [0, 0.1) is 12.8 Å². The van der Waals surface area contributed by atoms with E-state index in [0.717, 1.165) is 17.5 Å². The first-order valence-corrected chi connectivity index (χ1v) is 7.27. The molecule has 1 aliphatic heterocycles. The van der Waals surface area contributed by atoms with Crippen LogP contribution in [0.3, 0.4) is 0 Å². The first-order valence-electron chi connectivity index (χ1n) is 7.27. The number of benzene rings is 1. The average Bonchev–Trinajstić information content (AvgIpc) is 2.81. The lowest BCUT2D eigenvalue weighted by atomic mass is 10.0. The first kappa shape index (κ1) is 15.4. The largest absolute Gasteiger partial charge is 0.480 e. The number of nitrogens with one attached hydrogen (secondary N) is 1. The van der Waals surface area contributed by atoms with Crippen molar-refractivity contribution in [1.29, 1.82) is 0 Å². The Hall–Kier alpha value is -2.04. The zero-order valence-electron chi connectivity index (χ0n) is 12.7. The van der Waals surface area contributed by atoms with Crippen LogP contribution in [0.2, 0.25) is 0 Å². The predicted octanol–water partition coefficient (Wildman–Crippen LogP) is 2.56. The first-order chi connectivity index (χ1) is 9.91. The molecule has 0 aliphatic carbocycles. The van der Waals surface area contributed by atoms with Crippen molar-refractivity contribution in [3.05, 3.63) is 35.4 Å². The lowest BCUT2D eigenvalue weighted by molar-refractivity contribution is -0.142. The van der Waals surface area contributed by atoms with Crippen LogP contribution < -0.4 is 5.32 Å². The van der Waals surface area contributed by atoms with E-state index in [1.54, 1.807) is 0 Å². The molecule has 5 heteroatoms. The lowest BCUT2D eigenvalue weighted by Gasteiger charge is -2.26. The van der Waals surface area contributed by atoms with Gasteiger partial charge in [0.2, 0.25) is 0 Å². The van der Waals surface area contributed by atoms with Crippen molar-refractivity contribution >= 4 is 12.0 Å². The Bertz CT molecular complexity index is 544. The van der Waals surface area contributed by atoms with E-state index in [-0.39, 0.29) is 18.0 Å². The second-order valence-electron chi connectivity index (χ2n) is 5.77. The summed E-state index contributed by atoms with van der Waals surface area (Å²) in [6.45, 7) is 6.27. The van der Waals surface area contributed by atoms with E-state index in [1.807, 2.05) is 45.0 Å². The van der Waals surface area contributed by atoms with Gasteiger partial charge in [-0.25, -0.2) is 9.59 Å². The van der Waals surface area contributed by atoms with Crippen LogP contribution >= 0.6 is 0 Å². The molecule has 1 aliphatic rings. The molecule has 2 amide bonds. The Balaban J connectivity index is 2.08. The van der Waals surface area contributed by atoms with Crippen LogP contribution in [0.25, 0.3) is 0 Å². The zero-order chi connectivity index (χ0) is 15.6. The molecule has 2 rings (SSSR count). The number of hydrogen-bond acceptors (Lipinski definition) is 2. The maximum absolute atomic E-state index is 12.4. The Morgan fingerprint density at radius 1 is 1.38 bits per heavy atom. The van der Waals surface area contributed by atoms with Gasteiger partial charge in [0, 0.05) is 6.54 Å². The van der Waals surface area contributed by atoms with Crippen molar-refractivity contribution in [2.75, 3.05) is 6.54 Å².